The summed E-state index contributed by atoms with van der Waals surface area (Å²) >= 11 is 0. The molecular weight excluding hydrogens is 315 g/mol. The molecule has 110 valence electrons. The number of rotatable bonds is 6. The molecule has 1 rings (SSSR count). The fourth-order valence-corrected chi connectivity index (χ4v) is 1.91. The molecule has 0 aliphatic heterocycles. The molecule has 0 bridgehead atoms. The second-order valence-corrected chi connectivity index (χ2v) is 5.06. The summed E-state index contributed by atoms with van der Waals surface area (Å²) in [5.41, 5.74) is -1.48. The van der Waals surface area contributed by atoms with E-state index in [1.165, 1.54) is 6.92 Å². The van der Waals surface area contributed by atoms with Crippen LogP contribution in [0.2, 0.25) is 0 Å². The maximum absolute atomic E-state index is 11.0. The molecule has 8 nitrogen and oxygen atoms in total. The SMILES string of the molecule is CC[C-](Oc1cc(C(=O)O)cc(C(=O)O)c1)S(=O)(=O)O.[Na+]. The van der Waals surface area contributed by atoms with Gasteiger partial charge in [-0.05, 0) is 23.6 Å². The Hall–Kier alpha value is -1.13. The Labute approximate surface area is 142 Å². The first-order chi connectivity index (χ1) is 9.15. The van der Waals surface area contributed by atoms with E-state index in [9.17, 15) is 18.0 Å². The Kier molecular flexibility index (Phi) is 7.34. The first kappa shape index (κ1) is 19.9. The van der Waals surface area contributed by atoms with Crippen LogP contribution in [0.3, 0.4) is 0 Å². The van der Waals surface area contributed by atoms with Crippen LogP contribution in [0.1, 0.15) is 34.1 Å². The molecule has 0 saturated heterocycles. The van der Waals surface area contributed by atoms with Crippen LogP contribution in [0.15, 0.2) is 18.2 Å². The maximum Gasteiger partial charge on any atom is 1.00 e. The van der Waals surface area contributed by atoms with E-state index >= 15 is 0 Å². The van der Waals surface area contributed by atoms with E-state index in [2.05, 4.69) is 0 Å². The second kappa shape index (κ2) is 7.76. The third-order valence-electron chi connectivity index (χ3n) is 2.21. The van der Waals surface area contributed by atoms with Crippen molar-refractivity contribution in [1.29, 1.82) is 0 Å². The maximum atomic E-state index is 11.0. The first-order valence-electron chi connectivity index (χ1n) is 5.28. The first-order valence-corrected chi connectivity index (χ1v) is 6.72. The van der Waals surface area contributed by atoms with Crippen molar-refractivity contribution < 1.29 is 67.1 Å². The summed E-state index contributed by atoms with van der Waals surface area (Å²) in [6.07, 6.45) is -0.182. The fourth-order valence-electron chi connectivity index (χ4n) is 1.34. The summed E-state index contributed by atoms with van der Waals surface area (Å²) < 4.78 is 35.7. The average molecular weight is 326 g/mol. The molecule has 0 spiro atoms. The molecule has 0 atom stereocenters. The van der Waals surface area contributed by atoms with Gasteiger partial charge in [-0.3, -0.25) is 0 Å². The van der Waals surface area contributed by atoms with Crippen LogP contribution in [0.25, 0.3) is 0 Å². The van der Waals surface area contributed by atoms with E-state index in [0.29, 0.717) is 0 Å². The van der Waals surface area contributed by atoms with Crippen molar-refractivity contribution in [1.82, 2.24) is 0 Å². The van der Waals surface area contributed by atoms with E-state index < -0.39 is 27.5 Å². The number of carbonyl (C=O) groups is 2. The summed E-state index contributed by atoms with van der Waals surface area (Å²) in [5, 5.41) is 17.7. The zero-order valence-corrected chi connectivity index (χ0v) is 14.0. The third kappa shape index (κ3) is 5.64. The van der Waals surface area contributed by atoms with Crippen LogP contribution in [0.5, 0.6) is 5.75 Å². The standard InChI is InChI=1S/C11H11O8S.Na/c1-2-9(20(16,17)18)19-8-4-6(10(12)13)3-7(5-8)11(14)15;/h3-5H,2H2,1H3,(H,12,13)(H,14,15)(H,16,17,18);/q-1;+1. The number of ether oxygens (including phenoxy) is 1. The van der Waals surface area contributed by atoms with Gasteiger partial charge in [-0.15, -0.1) is 6.42 Å². The van der Waals surface area contributed by atoms with Crippen molar-refractivity contribution in [3.8, 4) is 5.75 Å². The molecule has 0 amide bonds. The molecule has 0 unspecified atom stereocenters. The summed E-state index contributed by atoms with van der Waals surface area (Å²) in [6.45, 7) is 1.39. The average Bonchev–Trinajstić information content (AvgIpc) is 2.33. The topological polar surface area (TPSA) is 138 Å². The van der Waals surface area contributed by atoms with Crippen molar-refractivity contribution in [3.63, 3.8) is 0 Å². The van der Waals surface area contributed by atoms with Crippen LogP contribution in [-0.4, -0.2) is 35.1 Å². The van der Waals surface area contributed by atoms with Gasteiger partial charge in [0.05, 0.1) is 16.9 Å². The molecule has 0 saturated carbocycles. The molecular formula is C11H11NaO8S. The summed E-state index contributed by atoms with van der Waals surface area (Å²) in [5.74, 6) is -3.11. The molecule has 1 aromatic carbocycles. The van der Waals surface area contributed by atoms with E-state index in [4.69, 9.17) is 19.5 Å². The van der Waals surface area contributed by atoms with Crippen LogP contribution in [0, 0.1) is 5.44 Å². The molecule has 0 aliphatic rings. The molecule has 21 heavy (non-hydrogen) atoms. The van der Waals surface area contributed by atoms with Gasteiger partial charge in [0.2, 0.25) is 0 Å². The molecule has 0 aromatic heterocycles. The molecule has 1 aromatic rings. The minimum Gasteiger partial charge on any atom is -0.641 e. The molecule has 0 radical (unpaired) electrons. The number of hydrogen-bond acceptors (Lipinski definition) is 5. The predicted molar refractivity (Wildman–Crippen MR) is 66.1 cm³/mol. The Balaban J connectivity index is 0.00000400. The number of carboxylic acid groups (broad SMARTS) is 2. The van der Waals surface area contributed by atoms with Gasteiger partial charge in [0.25, 0.3) is 0 Å². The Morgan fingerprint density at radius 3 is 1.86 bits per heavy atom. The second-order valence-electron chi connectivity index (χ2n) is 3.66. The van der Waals surface area contributed by atoms with Gasteiger partial charge >= 0.3 is 41.5 Å². The summed E-state index contributed by atoms with van der Waals surface area (Å²) in [7, 11) is -4.58. The number of benzene rings is 1. The number of aromatic carboxylic acids is 2. The van der Waals surface area contributed by atoms with Gasteiger partial charge < -0.3 is 19.5 Å². The van der Waals surface area contributed by atoms with Gasteiger partial charge in [0, 0.05) is 0 Å². The minimum absolute atomic E-state index is 0. The molecule has 10 heteroatoms. The van der Waals surface area contributed by atoms with Gasteiger partial charge in [-0.1, -0.05) is 6.92 Å². The van der Waals surface area contributed by atoms with Crippen LogP contribution in [0.4, 0.5) is 0 Å². The van der Waals surface area contributed by atoms with E-state index in [1.807, 2.05) is 0 Å². The summed E-state index contributed by atoms with van der Waals surface area (Å²) in [4.78, 5) is 21.7. The smallest absolute Gasteiger partial charge is 0.641 e. The predicted octanol–water partition coefficient (Wildman–Crippen LogP) is -1.75. The van der Waals surface area contributed by atoms with Gasteiger partial charge in [-0.25, -0.2) is 18.0 Å². The summed E-state index contributed by atoms with van der Waals surface area (Å²) in [6, 6.07) is 2.81. The normalized spacial score (nSPS) is 10.8. The van der Waals surface area contributed by atoms with Crippen LogP contribution in [-0.2, 0) is 10.1 Å². The third-order valence-corrected chi connectivity index (χ3v) is 3.16. The zero-order valence-electron chi connectivity index (χ0n) is 11.2. The van der Waals surface area contributed by atoms with Crippen molar-refractivity contribution in [3.05, 3.63) is 34.8 Å². The van der Waals surface area contributed by atoms with Crippen LogP contribution < -0.4 is 34.3 Å². The molecule has 0 heterocycles. The quantitative estimate of drug-likeness (QED) is 0.318. The van der Waals surface area contributed by atoms with Crippen molar-refractivity contribution in [2.75, 3.05) is 0 Å². The Morgan fingerprint density at radius 1 is 1.14 bits per heavy atom. The van der Waals surface area contributed by atoms with Crippen LogP contribution >= 0.6 is 0 Å². The molecule has 0 aliphatic carbocycles. The Bertz CT molecular complexity index is 607. The Morgan fingerprint density at radius 2 is 1.57 bits per heavy atom. The largest absolute Gasteiger partial charge is 1.00 e. The van der Waals surface area contributed by atoms with Crippen molar-refractivity contribution >= 4 is 22.1 Å². The van der Waals surface area contributed by atoms with Gasteiger partial charge in [0.1, 0.15) is 0 Å². The van der Waals surface area contributed by atoms with Gasteiger partial charge in [0.15, 0.2) is 10.1 Å². The van der Waals surface area contributed by atoms with Gasteiger partial charge in [-0.2, -0.15) is 0 Å². The zero-order chi connectivity index (χ0) is 15.5. The number of hydrogen-bond donors (Lipinski definition) is 3. The van der Waals surface area contributed by atoms with E-state index in [0.717, 1.165) is 18.2 Å². The van der Waals surface area contributed by atoms with Crippen molar-refractivity contribution in [2.45, 2.75) is 13.3 Å². The minimum atomic E-state index is -4.58. The van der Waals surface area contributed by atoms with E-state index in [-0.39, 0.29) is 52.9 Å². The fraction of sp³-hybridized carbons (Fsp3) is 0.182. The van der Waals surface area contributed by atoms with Crippen molar-refractivity contribution in [2.24, 2.45) is 0 Å². The molecule has 3 N–H and O–H groups in total. The number of carboxylic acids is 2. The molecule has 0 fully saturated rings. The monoisotopic (exact) mass is 326 g/mol. The van der Waals surface area contributed by atoms with E-state index in [1.54, 1.807) is 0 Å².